The average Bonchev–Trinajstić information content (AvgIpc) is 3.31. The highest BCUT2D eigenvalue weighted by atomic mass is 35.5. The molecular weight excluding hydrogens is 423 g/mol. The van der Waals surface area contributed by atoms with Gasteiger partial charge in [-0.3, -0.25) is 9.69 Å². The predicted molar refractivity (Wildman–Crippen MR) is 114 cm³/mol. The number of carbonyl (C=O) groups is 1. The zero-order valence-electron chi connectivity index (χ0n) is 15.3. The number of piperazine rings is 1. The number of nitrogens with one attached hydrogen (secondary N) is 2. The topological polar surface area (TPSA) is 75.7 Å². The van der Waals surface area contributed by atoms with Gasteiger partial charge in [0, 0.05) is 50.2 Å². The number of aromatic nitrogens is 1. The van der Waals surface area contributed by atoms with Crippen LogP contribution in [0.15, 0.2) is 23.6 Å². The molecule has 10 heteroatoms. The fourth-order valence-electron chi connectivity index (χ4n) is 3.07. The molecule has 7 nitrogen and oxygen atoms in total. The van der Waals surface area contributed by atoms with Crippen LogP contribution in [0.4, 0.5) is 0 Å². The molecule has 2 aliphatic rings. The minimum atomic E-state index is 0. The lowest BCUT2D eigenvalue weighted by molar-refractivity contribution is -0.120. The summed E-state index contributed by atoms with van der Waals surface area (Å²) >= 11 is 1.53. The summed E-state index contributed by atoms with van der Waals surface area (Å²) in [6.07, 6.45) is 0.308. The Hall–Kier alpha value is -1.58. The summed E-state index contributed by atoms with van der Waals surface area (Å²) in [5.74, 6) is 1.52. The van der Waals surface area contributed by atoms with E-state index < -0.39 is 0 Å². The first-order valence-electron chi connectivity index (χ1n) is 8.82. The van der Waals surface area contributed by atoms with Crippen molar-refractivity contribution in [2.45, 2.75) is 6.42 Å². The SMILES string of the molecule is Cl.Cl.O=C(Cc1csc(-c2ccc3c(c2)OCO3)n1)NCCN1CCNCC1. The van der Waals surface area contributed by atoms with E-state index in [4.69, 9.17) is 9.47 Å². The highest BCUT2D eigenvalue weighted by molar-refractivity contribution is 7.13. The van der Waals surface area contributed by atoms with Crippen molar-refractivity contribution in [2.75, 3.05) is 46.1 Å². The second-order valence-corrected chi connectivity index (χ2v) is 7.19. The summed E-state index contributed by atoms with van der Waals surface area (Å²) in [5.41, 5.74) is 1.77. The van der Waals surface area contributed by atoms with Crippen molar-refractivity contribution in [1.82, 2.24) is 20.5 Å². The molecule has 0 spiro atoms. The molecule has 0 radical (unpaired) electrons. The van der Waals surface area contributed by atoms with E-state index in [-0.39, 0.29) is 37.5 Å². The van der Waals surface area contributed by atoms with Crippen molar-refractivity contribution in [3.63, 3.8) is 0 Å². The van der Waals surface area contributed by atoms with E-state index in [0.29, 0.717) is 13.0 Å². The summed E-state index contributed by atoms with van der Waals surface area (Å²) in [7, 11) is 0. The first kappa shape index (κ1) is 22.7. The number of carbonyl (C=O) groups excluding carboxylic acids is 1. The second-order valence-electron chi connectivity index (χ2n) is 6.33. The Balaban J connectivity index is 0.00000140. The van der Waals surface area contributed by atoms with Gasteiger partial charge < -0.3 is 20.1 Å². The Kier molecular flexibility index (Phi) is 8.78. The van der Waals surface area contributed by atoms with E-state index >= 15 is 0 Å². The Morgan fingerprint density at radius 1 is 1.21 bits per heavy atom. The van der Waals surface area contributed by atoms with Crippen molar-refractivity contribution in [3.05, 3.63) is 29.3 Å². The summed E-state index contributed by atoms with van der Waals surface area (Å²) in [6, 6.07) is 5.78. The highest BCUT2D eigenvalue weighted by Crippen LogP contribution is 2.36. The van der Waals surface area contributed by atoms with Gasteiger partial charge >= 0.3 is 0 Å². The van der Waals surface area contributed by atoms with Crippen molar-refractivity contribution in [2.24, 2.45) is 0 Å². The zero-order chi connectivity index (χ0) is 17.8. The lowest BCUT2D eigenvalue weighted by Gasteiger charge is -2.27. The molecule has 3 heterocycles. The normalized spacial score (nSPS) is 15.4. The lowest BCUT2D eigenvalue weighted by atomic mass is 10.2. The van der Waals surface area contributed by atoms with Gasteiger partial charge in [-0.15, -0.1) is 36.2 Å². The minimum absolute atomic E-state index is 0. The summed E-state index contributed by atoms with van der Waals surface area (Å²) in [6.45, 7) is 5.97. The van der Waals surface area contributed by atoms with Crippen LogP contribution in [0.5, 0.6) is 11.5 Å². The number of amides is 1. The van der Waals surface area contributed by atoms with E-state index in [1.165, 1.54) is 11.3 Å². The van der Waals surface area contributed by atoms with Gasteiger partial charge in [0.1, 0.15) is 5.01 Å². The maximum Gasteiger partial charge on any atom is 0.231 e. The van der Waals surface area contributed by atoms with E-state index in [0.717, 1.165) is 60.5 Å². The third-order valence-corrected chi connectivity index (χ3v) is 5.41. The van der Waals surface area contributed by atoms with Crippen molar-refractivity contribution >= 4 is 42.1 Å². The number of halogens is 2. The number of nitrogens with zero attached hydrogens (tertiary/aromatic N) is 2. The van der Waals surface area contributed by atoms with Crippen molar-refractivity contribution < 1.29 is 14.3 Å². The molecule has 2 N–H and O–H groups in total. The predicted octanol–water partition coefficient (Wildman–Crippen LogP) is 1.95. The minimum Gasteiger partial charge on any atom is -0.454 e. The number of hydrogen-bond donors (Lipinski definition) is 2. The van der Waals surface area contributed by atoms with Crippen molar-refractivity contribution in [3.8, 4) is 22.1 Å². The molecule has 0 aliphatic carbocycles. The number of rotatable bonds is 6. The number of ether oxygens (including phenoxy) is 2. The van der Waals surface area contributed by atoms with Crippen LogP contribution >= 0.6 is 36.2 Å². The number of hydrogen-bond acceptors (Lipinski definition) is 7. The maximum absolute atomic E-state index is 12.1. The van der Waals surface area contributed by atoms with Crippen LogP contribution < -0.4 is 20.1 Å². The van der Waals surface area contributed by atoms with Crippen LogP contribution in [0.3, 0.4) is 0 Å². The lowest BCUT2D eigenvalue weighted by Crippen LogP contribution is -2.46. The molecule has 0 unspecified atom stereocenters. The Morgan fingerprint density at radius 2 is 2.00 bits per heavy atom. The van der Waals surface area contributed by atoms with Crippen LogP contribution in [0.1, 0.15) is 5.69 Å². The molecule has 0 atom stereocenters. The van der Waals surface area contributed by atoms with Gasteiger partial charge in [0.2, 0.25) is 12.7 Å². The van der Waals surface area contributed by atoms with Crippen LogP contribution in [0.25, 0.3) is 10.6 Å². The number of benzene rings is 1. The van der Waals surface area contributed by atoms with E-state index in [1.807, 2.05) is 23.6 Å². The molecule has 0 saturated carbocycles. The van der Waals surface area contributed by atoms with Gasteiger partial charge in [-0.2, -0.15) is 0 Å². The monoisotopic (exact) mass is 446 g/mol. The molecule has 1 fully saturated rings. The summed E-state index contributed by atoms with van der Waals surface area (Å²) in [5, 5.41) is 9.14. The third-order valence-electron chi connectivity index (χ3n) is 4.47. The molecule has 2 aliphatic heterocycles. The molecule has 0 bridgehead atoms. The average molecular weight is 447 g/mol. The van der Waals surface area contributed by atoms with Crippen LogP contribution in [0.2, 0.25) is 0 Å². The Labute approximate surface area is 180 Å². The zero-order valence-corrected chi connectivity index (χ0v) is 17.8. The molecule has 1 aromatic heterocycles. The first-order chi connectivity index (χ1) is 12.8. The number of fused-ring (bicyclic) bond motifs is 1. The quantitative estimate of drug-likeness (QED) is 0.705. The fraction of sp³-hybridized carbons (Fsp3) is 0.444. The van der Waals surface area contributed by atoms with Gasteiger partial charge in [-0.25, -0.2) is 4.98 Å². The van der Waals surface area contributed by atoms with Gasteiger partial charge in [-0.1, -0.05) is 0 Å². The van der Waals surface area contributed by atoms with Gasteiger partial charge in [0.25, 0.3) is 0 Å². The van der Waals surface area contributed by atoms with E-state index in [9.17, 15) is 4.79 Å². The second kappa shape index (κ2) is 10.8. The Bertz CT molecular complexity index is 784. The molecule has 1 saturated heterocycles. The van der Waals surface area contributed by atoms with Crippen molar-refractivity contribution in [1.29, 1.82) is 0 Å². The Morgan fingerprint density at radius 3 is 2.82 bits per heavy atom. The van der Waals surface area contributed by atoms with Crippen LogP contribution in [0, 0.1) is 0 Å². The number of thiazole rings is 1. The molecule has 1 aromatic carbocycles. The first-order valence-corrected chi connectivity index (χ1v) is 9.70. The maximum atomic E-state index is 12.1. The molecule has 1 amide bonds. The molecule has 154 valence electrons. The standard InChI is InChI=1S/C18H22N4O3S.2ClH/c23-17(20-5-8-22-6-3-19-4-7-22)10-14-11-26-18(21-14)13-1-2-15-16(9-13)25-12-24-15;;/h1-2,9,11,19H,3-8,10,12H2,(H,20,23);2*1H. The highest BCUT2D eigenvalue weighted by Gasteiger charge is 2.16. The smallest absolute Gasteiger partial charge is 0.231 e. The summed E-state index contributed by atoms with van der Waals surface area (Å²) < 4.78 is 10.7. The van der Waals surface area contributed by atoms with E-state index in [1.54, 1.807) is 0 Å². The van der Waals surface area contributed by atoms with Gasteiger partial charge in [0.15, 0.2) is 11.5 Å². The third kappa shape index (κ3) is 5.71. The van der Waals surface area contributed by atoms with Crippen LogP contribution in [-0.4, -0.2) is 61.9 Å². The van der Waals surface area contributed by atoms with Gasteiger partial charge in [0.05, 0.1) is 12.1 Å². The molecule has 28 heavy (non-hydrogen) atoms. The fourth-order valence-corrected chi connectivity index (χ4v) is 3.88. The molecule has 4 rings (SSSR count). The van der Waals surface area contributed by atoms with Crippen LogP contribution in [-0.2, 0) is 11.2 Å². The summed E-state index contributed by atoms with van der Waals surface area (Å²) in [4.78, 5) is 19.1. The van der Waals surface area contributed by atoms with E-state index in [2.05, 4.69) is 20.5 Å². The largest absolute Gasteiger partial charge is 0.454 e. The molecule has 2 aromatic rings. The molecular formula is C18H24Cl2N4O3S. The van der Waals surface area contributed by atoms with Gasteiger partial charge in [-0.05, 0) is 18.2 Å².